The van der Waals surface area contributed by atoms with Crippen LogP contribution in [-0.2, 0) is 10.1 Å². The van der Waals surface area contributed by atoms with Crippen molar-refractivity contribution in [3.8, 4) is 5.75 Å². The molecule has 37 heavy (non-hydrogen) atoms. The predicted molar refractivity (Wildman–Crippen MR) is 147 cm³/mol. The van der Waals surface area contributed by atoms with Gasteiger partial charge in [0.05, 0.1) is 5.69 Å². The van der Waals surface area contributed by atoms with Crippen LogP contribution in [0.3, 0.4) is 0 Å². The fourth-order valence-corrected chi connectivity index (χ4v) is 5.07. The Morgan fingerprint density at radius 3 is 2.08 bits per heavy atom. The van der Waals surface area contributed by atoms with Crippen LogP contribution in [0.5, 0.6) is 5.75 Å². The van der Waals surface area contributed by atoms with E-state index in [1.165, 1.54) is 24.3 Å². The third-order valence-corrected chi connectivity index (χ3v) is 7.32. The number of rotatable bonds is 7. The molecule has 0 fully saturated rings. The van der Waals surface area contributed by atoms with Crippen LogP contribution in [0.15, 0.2) is 100 Å². The molecule has 0 bridgehead atoms. The highest BCUT2D eigenvalue weighted by Gasteiger charge is 2.19. The van der Waals surface area contributed by atoms with E-state index in [0.29, 0.717) is 32.5 Å². The fraction of sp³-hybridized carbons (Fsp3) is 0.0714. The first-order valence-electron chi connectivity index (χ1n) is 11.2. The zero-order valence-electron chi connectivity index (χ0n) is 20.0. The highest BCUT2D eigenvalue weighted by Crippen LogP contribution is 2.33. The van der Waals surface area contributed by atoms with Gasteiger partial charge in [-0.05, 0) is 89.9 Å². The van der Waals surface area contributed by atoms with E-state index >= 15 is 0 Å². The Balaban J connectivity index is 1.49. The smallest absolute Gasteiger partial charge is 0.339 e. The molecule has 0 aliphatic heterocycles. The summed E-state index contributed by atoms with van der Waals surface area (Å²) < 4.78 is 31.0. The van der Waals surface area contributed by atoms with Gasteiger partial charge in [-0.2, -0.15) is 8.42 Å². The molecule has 188 valence electrons. The average molecular weight is 579 g/mol. The lowest BCUT2D eigenvalue weighted by Crippen LogP contribution is -2.15. The van der Waals surface area contributed by atoms with Gasteiger partial charge in [-0.3, -0.25) is 9.59 Å². The first-order chi connectivity index (χ1) is 17.6. The maximum Gasteiger partial charge on any atom is 0.339 e. The number of carbonyl (C=O) groups is 2. The van der Waals surface area contributed by atoms with Gasteiger partial charge >= 0.3 is 10.1 Å². The molecule has 0 aromatic heterocycles. The largest absolute Gasteiger partial charge is 0.379 e. The summed E-state index contributed by atoms with van der Waals surface area (Å²) in [6.45, 7) is 3.59. The number of nitrogens with one attached hydrogen (secondary N) is 2. The number of halogens is 1. The van der Waals surface area contributed by atoms with Crippen LogP contribution >= 0.6 is 15.9 Å². The minimum atomic E-state index is -4.02. The Bertz CT molecular complexity index is 1550. The number of benzene rings is 4. The Labute approximate surface area is 223 Å². The number of amides is 2. The van der Waals surface area contributed by atoms with E-state index in [1.54, 1.807) is 67.6 Å². The van der Waals surface area contributed by atoms with Crippen molar-refractivity contribution in [3.63, 3.8) is 0 Å². The summed E-state index contributed by atoms with van der Waals surface area (Å²) in [6.07, 6.45) is 0. The van der Waals surface area contributed by atoms with Gasteiger partial charge in [-0.1, -0.05) is 42.0 Å². The third kappa shape index (κ3) is 6.44. The van der Waals surface area contributed by atoms with Gasteiger partial charge in [-0.25, -0.2) is 0 Å². The van der Waals surface area contributed by atoms with Gasteiger partial charge in [0.1, 0.15) is 10.6 Å². The first kappa shape index (κ1) is 26.1. The van der Waals surface area contributed by atoms with Crippen molar-refractivity contribution in [2.24, 2.45) is 0 Å². The molecule has 0 unspecified atom stereocenters. The van der Waals surface area contributed by atoms with Crippen molar-refractivity contribution in [3.05, 3.63) is 118 Å². The zero-order chi connectivity index (χ0) is 26.6. The van der Waals surface area contributed by atoms with Gasteiger partial charge in [-0.15, -0.1) is 0 Å². The summed E-state index contributed by atoms with van der Waals surface area (Å²) in [5.41, 5.74) is 3.29. The molecule has 0 saturated carbocycles. The van der Waals surface area contributed by atoms with E-state index in [9.17, 15) is 18.0 Å². The quantitative estimate of drug-likeness (QED) is 0.249. The molecular weight excluding hydrogens is 556 g/mol. The topological polar surface area (TPSA) is 102 Å². The van der Waals surface area contributed by atoms with Crippen LogP contribution in [0.4, 0.5) is 11.4 Å². The van der Waals surface area contributed by atoms with Crippen molar-refractivity contribution in [1.29, 1.82) is 0 Å². The molecule has 9 heteroatoms. The minimum Gasteiger partial charge on any atom is -0.379 e. The molecule has 0 aliphatic rings. The monoisotopic (exact) mass is 578 g/mol. The molecule has 0 aliphatic carbocycles. The Morgan fingerprint density at radius 1 is 0.757 bits per heavy atom. The van der Waals surface area contributed by atoms with Crippen molar-refractivity contribution < 1.29 is 22.2 Å². The van der Waals surface area contributed by atoms with Crippen LogP contribution in [0.2, 0.25) is 0 Å². The molecular formula is C28H23BrN2O5S. The molecule has 4 aromatic rings. The predicted octanol–water partition coefficient (Wildman–Crippen LogP) is 6.34. The zero-order valence-corrected chi connectivity index (χ0v) is 22.4. The summed E-state index contributed by atoms with van der Waals surface area (Å²) in [5.74, 6) is -0.581. The second-order valence-electron chi connectivity index (χ2n) is 8.30. The first-order valence-corrected chi connectivity index (χ1v) is 13.4. The number of hydrogen-bond acceptors (Lipinski definition) is 5. The minimum absolute atomic E-state index is 0.0449. The van der Waals surface area contributed by atoms with Crippen molar-refractivity contribution in [2.45, 2.75) is 18.7 Å². The second kappa shape index (κ2) is 11.0. The standard InChI is InChI=1S/C28H23BrN2O5S/c1-18-11-13-24(14-12-18)37(34,35)36-23-15-19(2)26(25(29)17-23)31-28(33)21-9-6-10-22(16-21)30-27(32)20-7-4-3-5-8-20/h3-17H,1-2H3,(H,30,32)(H,31,33). The SMILES string of the molecule is Cc1ccc(S(=O)(=O)Oc2cc(C)c(NC(=O)c3cccc(NC(=O)c4ccccc4)c3)c(Br)c2)cc1. The molecule has 2 N–H and O–H groups in total. The van der Waals surface area contributed by atoms with Crippen LogP contribution in [-0.4, -0.2) is 20.2 Å². The fourth-order valence-electron chi connectivity index (χ4n) is 3.52. The van der Waals surface area contributed by atoms with E-state index < -0.39 is 16.0 Å². The van der Waals surface area contributed by atoms with Crippen molar-refractivity contribution >= 4 is 49.2 Å². The third-order valence-electron chi connectivity index (χ3n) is 5.43. The summed E-state index contributed by atoms with van der Waals surface area (Å²) in [7, 11) is -4.02. The van der Waals surface area contributed by atoms with Crippen LogP contribution < -0.4 is 14.8 Å². The van der Waals surface area contributed by atoms with Crippen molar-refractivity contribution in [2.75, 3.05) is 10.6 Å². The van der Waals surface area contributed by atoms with Crippen LogP contribution in [0.25, 0.3) is 0 Å². The second-order valence-corrected chi connectivity index (χ2v) is 10.7. The Hall–Kier alpha value is -3.95. The summed E-state index contributed by atoms with van der Waals surface area (Å²) in [6, 6.07) is 24.7. The molecule has 7 nitrogen and oxygen atoms in total. The lowest BCUT2D eigenvalue weighted by atomic mass is 10.1. The van der Waals surface area contributed by atoms with Gasteiger partial charge in [0.25, 0.3) is 11.8 Å². The van der Waals surface area contributed by atoms with E-state index in [1.807, 2.05) is 13.0 Å². The molecule has 0 atom stereocenters. The van der Waals surface area contributed by atoms with Gasteiger partial charge < -0.3 is 14.8 Å². The normalized spacial score (nSPS) is 11.0. The number of anilines is 2. The number of aryl methyl sites for hydroxylation is 2. The summed E-state index contributed by atoms with van der Waals surface area (Å²) in [5, 5.41) is 5.62. The summed E-state index contributed by atoms with van der Waals surface area (Å²) >= 11 is 3.40. The molecule has 0 radical (unpaired) electrons. The highest BCUT2D eigenvalue weighted by molar-refractivity contribution is 9.10. The Kier molecular flexibility index (Phi) is 7.75. The average Bonchev–Trinajstić information content (AvgIpc) is 2.87. The molecule has 0 saturated heterocycles. The maximum absolute atomic E-state index is 13.0. The van der Waals surface area contributed by atoms with E-state index in [0.717, 1.165) is 5.56 Å². The van der Waals surface area contributed by atoms with E-state index in [4.69, 9.17) is 4.18 Å². The maximum atomic E-state index is 13.0. The van der Waals surface area contributed by atoms with Crippen molar-refractivity contribution in [1.82, 2.24) is 0 Å². The molecule has 0 spiro atoms. The number of hydrogen-bond donors (Lipinski definition) is 2. The van der Waals surface area contributed by atoms with Gasteiger partial charge in [0, 0.05) is 21.3 Å². The van der Waals surface area contributed by atoms with Gasteiger partial charge in [0.2, 0.25) is 0 Å². The lowest BCUT2D eigenvalue weighted by molar-refractivity contribution is 0.101. The van der Waals surface area contributed by atoms with E-state index in [-0.39, 0.29) is 16.6 Å². The highest BCUT2D eigenvalue weighted by atomic mass is 79.9. The summed E-state index contributed by atoms with van der Waals surface area (Å²) in [4.78, 5) is 25.5. The molecule has 0 heterocycles. The Morgan fingerprint density at radius 2 is 1.41 bits per heavy atom. The number of carbonyl (C=O) groups excluding carboxylic acids is 2. The van der Waals surface area contributed by atoms with Crippen LogP contribution in [0.1, 0.15) is 31.8 Å². The van der Waals surface area contributed by atoms with Crippen LogP contribution in [0, 0.1) is 13.8 Å². The van der Waals surface area contributed by atoms with E-state index in [2.05, 4.69) is 26.6 Å². The molecule has 4 aromatic carbocycles. The lowest BCUT2D eigenvalue weighted by Gasteiger charge is -2.14. The van der Waals surface area contributed by atoms with Gasteiger partial charge in [0.15, 0.2) is 0 Å². The molecule has 4 rings (SSSR count). The molecule has 2 amide bonds.